The minimum atomic E-state index is -1.18. The number of carbonyl (C=O) groups excluding carboxylic acids is 1. The van der Waals surface area contributed by atoms with E-state index in [-0.39, 0.29) is 30.2 Å². The third kappa shape index (κ3) is 4.90. The third-order valence-corrected chi connectivity index (χ3v) is 4.58. The number of ether oxygens (including phenoxy) is 1. The van der Waals surface area contributed by atoms with Crippen LogP contribution in [0.15, 0.2) is 30.5 Å². The van der Waals surface area contributed by atoms with Gasteiger partial charge in [-0.05, 0) is 44.5 Å². The molecule has 164 valence electrons. The third-order valence-electron chi connectivity index (χ3n) is 4.58. The summed E-state index contributed by atoms with van der Waals surface area (Å²) in [7, 11) is 0. The Hall–Kier alpha value is -3.69. The molecule has 8 nitrogen and oxygen atoms in total. The number of rotatable bonds is 7. The van der Waals surface area contributed by atoms with Gasteiger partial charge in [-0.15, -0.1) is 0 Å². The van der Waals surface area contributed by atoms with E-state index in [1.165, 1.54) is 6.07 Å². The smallest absolute Gasteiger partial charge is 0.404 e. The molecule has 1 aromatic carbocycles. The maximum absolute atomic E-state index is 13.9. The van der Waals surface area contributed by atoms with Crippen LogP contribution in [0.25, 0.3) is 5.65 Å². The van der Waals surface area contributed by atoms with Gasteiger partial charge in [0.05, 0.1) is 11.3 Å². The van der Waals surface area contributed by atoms with Gasteiger partial charge in [0.25, 0.3) is 5.91 Å². The molecule has 0 bridgehead atoms. The number of amides is 2. The quantitative estimate of drug-likeness (QED) is 0.532. The Morgan fingerprint density at radius 2 is 1.94 bits per heavy atom. The lowest BCUT2D eigenvalue weighted by Crippen LogP contribution is -2.41. The van der Waals surface area contributed by atoms with Crippen LogP contribution in [-0.4, -0.2) is 39.1 Å². The Bertz CT molecular complexity index is 1130. The Balaban J connectivity index is 1.87. The lowest BCUT2D eigenvalue weighted by Gasteiger charge is -2.13. The first kappa shape index (κ1) is 22.0. The summed E-state index contributed by atoms with van der Waals surface area (Å²) in [6.45, 7) is 4.79. The van der Waals surface area contributed by atoms with Crippen molar-refractivity contribution in [2.24, 2.45) is 0 Å². The Kier molecular flexibility index (Phi) is 6.38. The molecule has 2 heterocycles. The number of hydrogen-bond acceptors (Lipinski definition) is 4. The number of pyridine rings is 1. The monoisotopic (exact) mass is 432 g/mol. The van der Waals surface area contributed by atoms with Gasteiger partial charge < -0.3 is 20.5 Å². The molecule has 0 saturated heterocycles. The van der Waals surface area contributed by atoms with Gasteiger partial charge in [0, 0.05) is 18.8 Å². The summed E-state index contributed by atoms with van der Waals surface area (Å²) in [6.07, 6.45) is 0.510. The lowest BCUT2D eigenvalue weighted by molar-refractivity contribution is 0.0942. The molecule has 0 saturated carbocycles. The standard InChI is InChI=1S/C21H22F2N4O4/c1-11-7-17(31-10-14-15(22)5-4-6-16(14)23)19-26-13(3)18(27(19)9-11)20(28)24-8-12(2)25-21(29)30/h4-7,9,12,25H,8,10H2,1-3H3,(H,24,28)(H,29,30). The average molecular weight is 432 g/mol. The SMILES string of the molecule is Cc1cc(OCc2c(F)cccc2F)c2nc(C)c(C(=O)NCC(C)NC(=O)O)n2c1. The van der Waals surface area contributed by atoms with Crippen molar-refractivity contribution in [1.82, 2.24) is 20.0 Å². The second-order valence-corrected chi connectivity index (χ2v) is 7.17. The second kappa shape index (κ2) is 8.99. The molecule has 3 aromatic rings. The van der Waals surface area contributed by atoms with Crippen molar-refractivity contribution in [3.63, 3.8) is 0 Å². The highest BCUT2D eigenvalue weighted by molar-refractivity contribution is 5.95. The highest BCUT2D eigenvalue weighted by Gasteiger charge is 2.21. The molecular weight excluding hydrogens is 410 g/mol. The van der Waals surface area contributed by atoms with E-state index in [4.69, 9.17) is 9.84 Å². The number of imidazole rings is 1. The first-order chi connectivity index (χ1) is 14.7. The molecule has 2 aromatic heterocycles. The van der Waals surface area contributed by atoms with E-state index in [2.05, 4.69) is 15.6 Å². The summed E-state index contributed by atoms with van der Waals surface area (Å²) in [5.74, 6) is -1.61. The largest absolute Gasteiger partial charge is 0.485 e. The molecule has 2 amide bonds. The predicted molar refractivity (Wildman–Crippen MR) is 108 cm³/mol. The lowest BCUT2D eigenvalue weighted by atomic mass is 10.2. The van der Waals surface area contributed by atoms with Crippen LogP contribution in [0, 0.1) is 25.5 Å². The fourth-order valence-electron chi connectivity index (χ4n) is 3.15. The van der Waals surface area contributed by atoms with E-state index in [1.807, 2.05) is 0 Å². The van der Waals surface area contributed by atoms with E-state index in [1.54, 1.807) is 37.4 Å². The van der Waals surface area contributed by atoms with Crippen molar-refractivity contribution >= 4 is 17.6 Å². The van der Waals surface area contributed by atoms with Gasteiger partial charge in [-0.2, -0.15) is 0 Å². The first-order valence-electron chi connectivity index (χ1n) is 9.50. The summed E-state index contributed by atoms with van der Waals surface area (Å²) in [6, 6.07) is 4.75. The Labute approximate surface area is 176 Å². The van der Waals surface area contributed by atoms with Crippen LogP contribution >= 0.6 is 0 Å². The van der Waals surface area contributed by atoms with Crippen LogP contribution < -0.4 is 15.4 Å². The van der Waals surface area contributed by atoms with Crippen molar-refractivity contribution in [3.05, 3.63) is 64.6 Å². The minimum Gasteiger partial charge on any atom is -0.485 e. The number of carboxylic acid groups (broad SMARTS) is 1. The van der Waals surface area contributed by atoms with Crippen LogP contribution in [0.2, 0.25) is 0 Å². The van der Waals surface area contributed by atoms with E-state index in [0.29, 0.717) is 11.3 Å². The highest BCUT2D eigenvalue weighted by atomic mass is 19.1. The summed E-state index contributed by atoms with van der Waals surface area (Å²) in [4.78, 5) is 27.8. The molecule has 1 unspecified atom stereocenters. The molecule has 0 spiro atoms. The van der Waals surface area contributed by atoms with Crippen molar-refractivity contribution < 1.29 is 28.2 Å². The molecule has 0 radical (unpaired) electrons. The molecule has 10 heteroatoms. The van der Waals surface area contributed by atoms with Gasteiger partial charge in [0.1, 0.15) is 23.9 Å². The van der Waals surface area contributed by atoms with Gasteiger partial charge in [0.15, 0.2) is 11.4 Å². The number of carbonyl (C=O) groups is 2. The fourth-order valence-corrected chi connectivity index (χ4v) is 3.15. The van der Waals surface area contributed by atoms with Crippen molar-refractivity contribution in [2.45, 2.75) is 33.4 Å². The fraction of sp³-hybridized carbons (Fsp3) is 0.286. The maximum atomic E-state index is 13.9. The zero-order valence-electron chi connectivity index (χ0n) is 17.2. The van der Waals surface area contributed by atoms with Crippen LogP contribution in [0.3, 0.4) is 0 Å². The molecule has 0 fully saturated rings. The summed E-state index contributed by atoms with van der Waals surface area (Å²) in [5.41, 5.74) is 1.53. The topological polar surface area (TPSA) is 105 Å². The molecule has 3 rings (SSSR count). The molecule has 1 atom stereocenters. The van der Waals surface area contributed by atoms with Crippen molar-refractivity contribution in [3.8, 4) is 5.75 Å². The van der Waals surface area contributed by atoms with Crippen LogP contribution in [0.4, 0.5) is 13.6 Å². The van der Waals surface area contributed by atoms with Crippen molar-refractivity contribution in [2.75, 3.05) is 6.54 Å². The average Bonchev–Trinajstić information content (AvgIpc) is 3.01. The summed E-state index contributed by atoms with van der Waals surface area (Å²) in [5, 5.41) is 13.7. The highest BCUT2D eigenvalue weighted by Crippen LogP contribution is 2.26. The number of fused-ring (bicyclic) bond motifs is 1. The normalized spacial score (nSPS) is 11.9. The minimum absolute atomic E-state index is 0.0829. The maximum Gasteiger partial charge on any atom is 0.404 e. The summed E-state index contributed by atoms with van der Waals surface area (Å²) < 4.78 is 35.0. The zero-order valence-corrected chi connectivity index (χ0v) is 17.2. The molecule has 0 aliphatic carbocycles. The first-order valence-corrected chi connectivity index (χ1v) is 9.50. The molecular formula is C21H22F2N4O4. The zero-order chi connectivity index (χ0) is 22.7. The Morgan fingerprint density at radius 3 is 2.58 bits per heavy atom. The number of aryl methyl sites for hydroxylation is 2. The van der Waals surface area contributed by atoms with E-state index < -0.39 is 29.7 Å². The number of benzene rings is 1. The van der Waals surface area contributed by atoms with Gasteiger partial charge in [-0.3, -0.25) is 9.20 Å². The van der Waals surface area contributed by atoms with Crippen LogP contribution in [0.5, 0.6) is 5.75 Å². The molecule has 0 aliphatic heterocycles. The molecule has 3 N–H and O–H groups in total. The van der Waals surface area contributed by atoms with E-state index in [0.717, 1.165) is 17.7 Å². The van der Waals surface area contributed by atoms with Gasteiger partial charge in [-0.1, -0.05) is 6.07 Å². The molecule has 31 heavy (non-hydrogen) atoms. The van der Waals surface area contributed by atoms with Gasteiger partial charge in [0.2, 0.25) is 0 Å². The predicted octanol–water partition coefficient (Wildman–Crippen LogP) is 3.19. The number of halogens is 2. The Morgan fingerprint density at radius 1 is 1.26 bits per heavy atom. The van der Waals surface area contributed by atoms with E-state index in [9.17, 15) is 18.4 Å². The van der Waals surface area contributed by atoms with Gasteiger partial charge in [-0.25, -0.2) is 18.6 Å². The summed E-state index contributed by atoms with van der Waals surface area (Å²) >= 11 is 0. The van der Waals surface area contributed by atoms with Crippen molar-refractivity contribution in [1.29, 1.82) is 0 Å². The number of nitrogens with zero attached hydrogens (tertiary/aromatic N) is 2. The number of aromatic nitrogens is 2. The van der Waals surface area contributed by atoms with Gasteiger partial charge >= 0.3 is 6.09 Å². The van der Waals surface area contributed by atoms with Crippen LogP contribution in [0.1, 0.15) is 34.2 Å². The van der Waals surface area contributed by atoms with E-state index >= 15 is 0 Å². The second-order valence-electron chi connectivity index (χ2n) is 7.17. The number of nitrogens with one attached hydrogen (secondary N) is 2. The van der Waals surface area contributed by atoms with Crippen LogP contribution in [-0.2, 0) is 6.61 Å². The number of hydrogen-bond donors (Lipinski definition) is 3. The molecule has 0 aliphatic rings.